The third-order valence-corrected chi connectivity index (χ3v) is 5.94. The number of benzene rings is 2. The number of fused-ring (bicyclic) bond motifs is 1. The number of carbonyl (C=O) groups is 1. The van der Waals surface area contributed by atoms with Gasteiger partial charge in [0.1, 0.15) is 5.75 Å². The Labute approximate surface area is 173 Å². The van der Waals surface area contributed by atoms with Crippen molar-refractivity contribution in [3.63, 3.8) is 0 Å². The van der Waals surface area contributed by atoms with Crippen LogP contribution in [-0.2, 0) is 4.79 Å². The van der Waals surface area contributed by atoms with E-state index < -0.39 is 0 Å². The molecule has 1 N–H and O–H groups in total. The summed E-state index contributed by atoms with van der Waals surface area (Å²) < 4.78 is 5.74. The Morgan fingerprint density at radius 1 is 1.11 bits per heavy atom. The molecule has 150 valence electrons. The first-order chi connectivity index (χ1) is 13.2. The molecule has 2 saturated heterocycles. The summed E-state index contributed by atoms with van der Waals surface area (Å²) in [5.41, 5.74) is 2.59. The summed E-state index contributed by atoms with van der Waals surface area (Å²) in [4.78, 5) is 15.2. The van der Waals surface area contributed by atoms with Crippen LogP contribution in [-0.4, -0.2) is 37.0 Å². The van der Waals surface area contributed by atoms with Crippen LogP contribution in [0.1, 0.15) is 30.0 Å². The molecule has 3 atom stereocenters. The Morgan fingerprint density at radius 2 is 1.86 bits per heavy atom. The minimum absolute atomic E-state index is 0. The molecular weight excluding hydrogens is 372 g/mol. The van der Waals surface area contributed by atoms with Crippen LogP contribution in [0.25, 0.3) is 0 Å². The summed E-state index contributed by atoms with van der Waals surface area (Å²) in [7, 11) is 0. The standard InChI is InChI=1S/C23H28N2O2.ClH/c1-17-8-5-6-11-20(17)23-21-15-24-14-18(21)16-25(23)22(26)12-7-13-27-19-9-3-2-4-10-19;/h2-6,8-11,18,21,23-24H,7,12-16H2,1H3;1H/t18-,21-,23-;/m0./s1. The van der Waals surface area contributed by atoms with E-state index in [0.29, 0.717) is 24.9 Å². The molecule has 4 nitrogen and oxygen atoms in total. The summed E-state index contributed by atoms with van der Waals surface area (Å²) >= 11 is 0. The number of amides is 1. The minimum atomic E-state index is 0. The van der Waals surface area contributed by atoms with E-state index in [1.807, 2.05) is 30.3 Å². The van der Waals surface area contributed by atoms with Crippen molar-refractivity contribution in [2.24, 2.45) is 11.8 Å². The molecule has 0 saturated carbocycles. The average Bonchev–Trinajstić information content (AvgIpc) is 3.28. The molecule has 2 heterocycles. The zero-order valence-electron chi connectivity index (χ0n) is 16.3. The van der Waals surface area contributed by atoms with Crippen LogP contribution in [0.2, 0.25) is 0 Å². The monoisotopic (exact) mass is 400 g/mol. The fourth-order valence-corrected chi connectivity index (χ4v) is 4.57. The van der Waals surface area contributed by atoms with E-state index in [4.69, 9.17) is 4.74 Å². The van der Waals surface area contributed by atoms with Crippen molar-refractivity contribution in [1.29, 1.82) is 0 Å². The van der Waals surface area contributed by atoms with Crippen LogP contribution < -0.4 is 10.1 Å². The fraction of sp³-hybridized carbons (Fsp3) is 0.435. The van der Waals surface area contributed by atoms with Crippen LogP contribution in [0.5, 0.6) is 5.75 Å². The summed E-state index contributed by atoms with van der Waals surface area (Å²) in [5.74, 6) is 2.22. The van der Waals surface area contributed by atoms with Crippen LogP contribution in [0.15, 0.2) is 54.6 Å². The quantitative estimate of drug-likeness (QED) is 0.745. The van der Waals surface area contributed by atoms with Gasteiger partial charge in [-0.25, -0.2) is 0 Å². The number of hydrogen-bond donors (Lipinski definition) is 1. The summed E-state index contributed by atoms with van der Waals surface area (Å²) in [6.45, 7) is 5.63. The highest BCUT2D eigenvalue weighted by atomic mass is 35.5. The number of para-hydroxylation sites is 1. The number of ether oxygens (including phenoxy) is 1. The molecular formula is C23H29ClN2O2. The second-order valence-electron chi connectivity index (χ2n) is 7.69. The number of halogens is 1. The van der Waals surface area contributed by atoms with Crippen LogP contribution in [0, 0.1) is 18.8 Å². The molecule has 0 bridgehead atoms. The number of aryl methyl sites for hydroxylation is 1. The molecule has 2 aliphatic rings. The highest BCUT2D eigenvalue weighted by Crippen LogP contribution is 2.43. The van der Waals surface area contributed by atoms with Crippen molar-refractivity contribution in [3.8, 4) is 5.75 Å². The lowest BCUT2D eigenvalue weighted by atomic mass is 9.87. The van der Waals surface area contributed by atoms with E-state index >= 15 is 0 Å². The van der Waals surface area contributed by atoms with Gasteiger partial charge in [-0.2, -0.15) is 0 Å². The minimum Gasteiger partial charge on any atom is -0.494 e. The lowest BCUT2D eigenvalue weighted by molar-refractivity contribution is -0.132. The maximum absolute atomic E-state index is 13.0. The third kappa shape index (κ3) is 4.34. The Bertz CT molecular complexity index is 783. The topological polar surface area (TPSA) is 41.6 Å². The summed E-state index contributed by atoms with van der Waals surface area (Å²) in [6.07, 6.45) is 1.29. The first kappa shape index (κ1) is 20.7. The molecule has 1 amide bonds. The molecule has 2 aromatic rings. The van der Waals surface area contributed by atoms with E-state index in [9.17, 15) is 4.79 Å². The highest BCUT2D eigenvalue weighted by molar-refractivity contribution is 5.85. The second kappa shape index (κ2) is 9.44. The van der Waals surface area contributed by atoms with Crippen molar-refractivity contribution in [2.75, 3.05) is 26.2 Å². The van der Waals surface area contributed by atoms with Crippen molar-refractivity contribution in [1.82, 2.24) is 10.2 Å². The zero-order chi connectivity index (χ0) is 18.6. The van der Waals surface area contributed by atoms with E-state index in [1.165, 1.54) is 11.1 Å². The normalized spacial score (nSPS) is 23.2. The fourth-order valence-electron chi connectivity index (χ4n) is 4.57. The van der Waals surface area contributed by atoms with E-state index in [0.717, 1.165) is 31.8 Å². The first-order valence-corrected chi connectivity index (χ1v) is 9.97. The van der Waals surface area contributed by atoms with Gasteiger partial charge in [-0.1, -0.05) is 42.5 Å². The SMILES string of the molecule is Cc1ccccc1[C@H]1[C@H]2CNC[C@H]2CN1C(=O)CCCOc1ccccc1.Cl. The number of nitrogens with zero attached hydrogens (tertiary/aromatic N) is 1. The average molecular weight is 401 g/mol. The van der Waals surface area contributed by atoms with Crippen molar-refractivity contribution in [2.45, 2.75) is 25.8 Å². The van der Waals surface area contributed by atoms with Gasteiger partial charge in [-0.05, 0) is 42.5 Å². The molecule has 2 aromatic carbocycles. The molecule has 0 unspecified atom stereocenters. The highest BCUT2D eigenvalue weighted by Gasteiger charge is 2.46. The smallest absolute Gasteiger partial charge is 0.223 e. The lowest BCUT2D eigenvalue weighted by Crippen LogP contribution is -2.35. The predicted octanol–water partition coefficient (Wildman–Crippen LogP) is 3.99. The first-order valence-electron chi connectivity index (χ1n) is 9.97. The van der Waals surface area contributed by atoms with Crippen molar-refractivity contribution < 1.29 is 9.53 Å². The van der Waals surface area contributed by atoms with Gasteiger partial charge in [0.2, 0.25) is 5.91 Å². The van der Waals surface area contributed by atoms with Gasteiger partial charge in [0.05, 0.1) is 12.6 Å². The Morgan fingerprint density at radius 3 is 2.64 bits per heavy atom. The van der Waals surface area contributed by atoms with Gasteiger partial charge in [-0.3, -0.25) is 4.79 Å². The van der Waals surface area contributed by atoms with E-state index in [-0.39, 0.29) is 24.4 Å². The predicted molar refractivity (Wildman–Crippen MR) is 114 cm³/mol. The second-order valence-corrected chi connectivity index (χ2v) is 7.69. The van der Waals surface area contributed by atoms with Gasteiger partial charge >= 0.3 is 0 Å². The molecule has 2 aliphatic heterocycles. The van der Waals surface area contributed by atoms with E-state index in [2.05, 4.69) is 41.4 Å². The van der Waals surface area contributed by atoms with Gasteiger partial charge in [0.25, 0.3) is 0 Å². The largest absolute Gasteiger partial charge is 0.494 e. The van der Waals surface area contributed by atoms with Crippen molar-refractivity contribution in [3.05, 3.63) is 65.7 Å². The van der Waals surface area contributed by atoms with E-state index in [1.54, 1.807) is 0 Å². The Hall–Kier alpha value is -2.04. The number of hydrogen-bond acceptors (Lipinski definition) is 3. The molecule has 0 aliphatic carbocycles. The molecule has 0 spiro atoms. The lowest BCUT2D eigenvalue weighted by Gasteiger charge is -2.29. The van der Waals surface area contributed by atoms with Crippen molar-refractivity contribution >= 4 is 18.3 Å². The molecule has 28 heavy (non-hydrogen) atoms. The Kier molecular flexibility index (Phi) is 6.97. The van der Waals surface area contributed by atoms with Crippen LogP contribution >= 0.6 is 12.4 Å². The van der Waals surface area contributed by atoms with Gasteiger partial charge in [0.15, 0.2) is 0 Å². The molecule has 2 fully saturated rings. The molecule has 0 aromatic heterocycles. The molecule has 5 heteroatoms. The number of carbonyl (C=O) groups excluding carboxylic acids is 1. The van der Waals surface area contributed by atoms with Gasteiger partial charge in [-0.15, -0.1) is 12.4 Å². The van der Waals surface area contributed by atoms with Crippen LogP contribution in [0.4, 0.5) is 0 Å². The van der Waals surface area contributed by atoms with Crippen LogP contribution in [0.3, 0.4) is 0 Å². The zero-order valence-corrected chi connectivity index (χ0v) is 17.2. The third-order valence-electron chi connectivity index (χ3n) is 5.94. The number of rotatable bonds is 6. The number of likely N-dealkylation sites (tertiary alicyclic amines) is 1. The Balaban J connectivity index is 0.00000225. The summed E-state index contributed by atoms with van der Waals surface area (Å²) in [6, 6.07) is 18.5. The molecule has 4 rings (SSSR count). The van der Waals surface area contributed by atoms with Gasteiger partial charge < -0.3 is 15.0 Å². The molecule has 0 radical (unpaired) electrons. The maximum Gasteiger partial charge on any atom is 0.223 e. The van der Waals surface area contributed by atoms with Gasteiger partial charge in [0, 0.05) is 32.0 Å². The number of nitrogens with one attached hydrogen (secondary N) is 1. The maximum atomic E-state index is 13.0. The summed E-state index contributed by atoms with van der Waals surface area (Å²) in [5, 5.41) is 3.52.